The van der Waals surface area contributed by atoms with Gasteiger partial charge in [-0.25, -0.2) is 4.79 Å². The van der Waals surface area contributed by atoms with Crippen molar-refractivity contribution in [2.45, 2.75) is 0 Å². The lowest BCUT2D eigenvalue weighted by molar-refractivity contribution is -0.104. The van der Waals surface area contributed by atoms with E-state index in [1.54, 1.807) is 30.3 Å². The zero-order valence-corrected chi connectivity index (χ0v) is 7.77. The van der Waals surface area contributed by atoms with Crippen LogP contribution in [-0.4, -0.2) is 19.4 Å². The van der Waals surface area contributed by atoms with E-state index in [4.69, 9.17) is 0 Å². The number of benzene rings is 1. The average Bonchev–Trinajstić information content (AvgIpc) is 2.25. The highest BCUT2D eigenvalue weighted by Gasteiger charge is 2.03. The summed E-state index contributed by atoms with van der Waals surface area (Å²) in [6.07, 6.45) is 3.68. The largest absolute Gasteiger partial charge is 0.465 e. The number of hydrogen-bond donors (Lipinski definition) is 0. The van der Waals surface area contributed by atoms with Gasteiger partial charge < -0.3 is 4.74 Å². The molecule has 72 valence electrons. The van der Waals surface area contributed by atoms with E-state index < -0.39 is 0 Å². The van der Waals surface area contributed by atoms with Crippen LogP contribution in [0.4, 0.5) is 0 Å². The van der Waals surface area contributed by atoms with Gasteiger partial charge in [-0.1, -0.05) is 18.2 Å². The van der Waals surface area contributed by atoms with Crippen molar-refractivity contribution < 1.29 is 14.3 Å². The van der Waals surface area contributed by atoms with Crippen molar-refractivity contribution in [3.63, 3.8) is 0 Å². The number of ether oxygens (including phenoxy) is 1. The molecular weight excluding hydrogens is 180 g/mol. The summed E-state index contributed by atoms with van der Waals surface area (Å²) in [4.78, 5) is 21.2. The summed E-state index contributed by atoms with van der Waals surface area (Å²) in [5.74, 6) is -0.383. The molecule has 0 unspecified atom stereocenters. The van der Waals surface area contributed by atoms with E-state index >= 15 is 0 Å². The van der Waals surface area contributed by atoms with Gasteiger partial charge in [0.1, 0.15) is 6.29 Å². The van der Waals surface area contributed by atoms with E-state index in [0.717, 1.165) is 5.56 Å². The highest BCUT2D eigenvalue weighted by atomic mass is 16.5. The van der Waals surface area contributed by atoms with Gasteiger partial charge in [-0.05, 0) is 23.8 Å². The van der Waals surface area contributed by atoms with Crippen LogP contribution >= 0.6 is 0 Å². The zero-order valence-electron chi connectivity index (χ0n) is 7.77. The molecule has 0 radical (unpaired) electrons. The molecular formula is C11H10O3. The Morgan fingerprint density at radius 3 is 2.86 bits per heavy atom. The van der Waals surface area contributed by atoms with E-state index in [1.165, 1.54) is 13.2 Å². The highest BCUT2D eigenvalue weighted by molar-refractivity contribution is 5.90. The summed E-state index contributed by atoms with van der Waals surface area (Å²) in [6, 6.07) is 6.85. The Hall–Kier alpha value is -1.90. The third-order valence-electron chi connectivity index (χ3n) is 1.67. The fraction of sp³-hybridized carbons (Fsp3) is 0.0909. The Balaban J connectivity index is 2.94. The number of hydrogen-bond acceptors (Lipinski definition) is 3. The van der Waals surface area contributed by atoms with Gasteiger partial charge in [-0.2, -0.15) is 0 Å². The van der Waals surface area contributed by atoms with Crippen LogP contribution in [0.5, 0.6) is 0 Å². The lowest BCUT2D eigenvalue weighted by Crippen LogP contribution is -2.00. The van der Waals surface area contributed by atoms with Crippen molar-refractivity contribution in [3.8, 4) is 0 Å². The minimum absolute atomic E-state index is 0.383. The minimum atomic E-state index is -0.383. The number of esters is 1. The molecule has 1 rings (SSSR count). The molecule has 0 N–H and O–H groups in total. The molecule has 0 atom stereocenters. The quantitative estimate of drug-likeness (QED) is 0.414. The van der Waals surface area contributed by atoms with Gasteiger partial charge in [-0.3, -0.25) is 4.79 Å². The Morgan fingerprint density at radius 1 is 1.43 bits per heavy atom. The summed E-state index contributed by atoms with van der Waals surface area (Å²) in [5.41, 5.74) is 1.26. The Kier molecular flexibility index (Phi) is 3.61. The van der Waals surface area contributed by atoms with E-state index in [-0.39, 0.29) is 5.97 Å². The Labute approximate surface area is 82.0 Å². The molecule has 0 fully saturated rings. The standard InChI is InChI=1S/C11H10O3/c1-14-11(13)10-6-2-4-9(8-10)5-3-7-12/h2-8H,1H3/b5-3+. The van der Waals surface area contributed by atoms with E-state index in [1.807, 2.05) is 0 Å². The second-order valence-corrected chi connectivity index (χ2v) is 2.61. The van der Waals surface area contributed by atoms with Crippen LogP contribution < -0.4 is 0 Å². The predicted octanol–water partition coefficient (Wildman–Crippen LogP) is 1.69. The monoisotopic (exact) mass is 190 g/mol. The third-order valence-corrected chi connectivity index (χ3v) is 1.67. The van der Waals surface area contributed by atoms with Gasteiger partial charge in [0.25, 0.3) is 0 Å². The summed E-state index contributed by atoms with van der Waals surface area (Å²) in [7, 11) is 1.33. The number of aldehydes is 1. The molecule has 0 saturated carbocycles. The van der Waals surface area contributed by atoms with Gasteiger partial charge in [0.15, 0.2) is 0 Å². The van der Waals surface area contributed by atoms with Crippen LogP contribution in [-0.2, 0) is 9.53 Å². The number of carbonyl (C=O) groups is 2. The van der Waals surface area contributed by atoms with E-state index in [2.05, 4.69) is 4.74 Å². The van der Waals surface area contributed by atoms with Gasteiger partial charge in [-0.15, -0.1) is 0 Å². The maximum atomic E-state index is 11.1. The van der Waals surface area contributed by atoms with E-state index in [9.17, 15) is 9.59 Å². The molecule has 3 heteroatoms. The molecule has 1 aromatic rings. The smallest absolute Gasteiger partial charge is 0.337 e. The molecule has 0 aliphatic carbocycles. The summed E-state index contributed by atoms with van der Waals surface area (Å²) in [5, 5.41) is 0. The van der Waals surface area contributed by atoms with Crippen molar-refractivity contribution >= 4 is 18.3 Å². The average molecular weight is 190 g/mol. The number of carbonyl (C=O) groups excluding carboxylic acids is 2. The second-order valence-electron chi connectivity index (χ2n) is 2.61. The molecule has 0 bridgehead atoms. The molecule has 1 aromatic carbocycles. The molecule has 0 aliphatic rings. The molecule has 0 aromatic heterocycles. The molecule has 14 heavy (non-hydrogen) atoms. The fourth-order valence-electron chi connectivity index (χ4n) is 1.04. The SMILES string of the molecule is COC(=O)c1cccc(/C=C/C=O)c1. The second kappa shape index (κ2) is 4.97. The number of methoxy groups -OCH3 is 1. The lowest BCUT2D eigenvalue weighted by Gasteiger charge is -1.99. The zero-order chi connectivity index (χ0) is 10.4. The van der Waals surface area contributed by atoms with Crippen LogP contribution in [0, 0.1) is 0 Å². The summed E-state index contributed by atoms with van der Waals surface area (Å²) in [6.45, 7) is 0. The van der Waals surface area contributed by atoms with E-state index in [0.29, 0.717) is 11.8 Å². The number of rotatable bonds is 3. The molecule has 0 spiro atoms. The van der Waals surface area contributed by atoms with Crippen LogP contribution in [0.25, 0.3) is 6.08 Å². The first kappa shape index (κ1) is 10.2. The number of allylic oxidation sites excluding steroid dienone is 1. The fourth-order valence-corrected chi connectivity index (χ4v) is 1.04. The maximum Gasteiger partial charge on any atom is 0.337 e. The topological polar surface area (TPSA) is 43.4 Å². The van der Waals surface area contributed by atoms with Gasteiger partial charge in [0.05, 0.1) is 12.7 Å². The van der Waals surface area contributed by atoms with Crippen LogP contribution in [0.1, 0.15) is 15.9 Å². The molecule has 3 nitrogen and oxygen atoms in total. The first-order valence-electron chi connectivity index (χ1n) is 4.08. The molecule has 0 saturated heterocycles. The predicted molar refractivity (Wildman–Crippen MR) is 52.9 cm³/mol. The van der Waals surface area contributed by atoms with Gasteiger partial charge >= 0.3 is 5.97 Å². The molecule has 0 aliphatic heterocycles. The summed E-state index contributed by atoms with van der Waals surface area (Å²) >= 11 is 0. The highest BCUT2D eigenvalue weighted by Crippen LogP contribution is 2.07. The molecule has 0 amide bonds. The first-order chi connectivity index (χ1) is 6.77. The van der Waals surface area contributed by atoms with Crippen LogP contribution in [0.15, 0.2) is 30.3 Å². The van der Waals surface area contributed by atoms with Gasteiger partial charge in [0.2, 0.25) is 0 Å². The van der Waals surface area contributed by atoms with Crippen molar-refractivity contribution in [1.29, 1.82) is 0 Å². The first-order valence-corrected chi connectivity index (χ1v) is 4.08. The Morgan fingerprint density at radius 2 is 2.21 bits per heavy atom. The van der Waals surface area contributed by atoms with Crippen molar-refractivity contribution in [1.82, 2.24) is 0 Å². The van der Waals surface area contributed by atoms with Crippen LogP contribution in [0.2, 0.25) is 0 Å². The minimum Gasteiger partial charge on any atom is -0.465 e. The maximum absolute atomic E-state index is 11.1. The Bertz CT molecular complexity index is 367. The lowest BCUT2D eigenvalue weighted by atomic mass is 10.1. The summed E-state index contributed by atoms with van der Waals surface area (Å²) < 4.78 is 4.56. The molecule has 0 heterocycles. The van der Waals surface area contributed by atoms with Crippen molar-refractivity contribution in [2.75, 3.05) is 7.11 Å². The van der Waals surface area contributed by atoms with Crippen molar-refractivity contribution in [3.05, 3.63) is 41.5 Å². The van der Waals surface area contributed by atoms with Gasteiger partial charge in [0, 0.05) is 0 Å². The van der Waals surface area contributed by atoms with Crippen molar-refractivity contribution in [2.24, 2.45) is 0 Å². The normalized spacial score (nSPS) is 10.1. The van der Waals surface area contributed by atoms with Crippen LogP contribution in [0.3, 0.4) is 0 Å². The third kappa shape index (κ3) is 2.55.